The van der Waals surface area contributed by atoms with Gasteiger partial charge in [-0.1, -0.05) is 6.07 Å². The molecule has 1 heterocycles. The van der Waals surface area contributed by atoms with Gasteiger partial charge in [-0.3, -0.25) is 9.59 Å². The molecule has 4 N–H and O–H groups in total. The average Bonchev–Trinajstić information content (AvgIpc) is 2.78. The van der Waals surface area contributed by atoms with Crippen molar-refractivity contribution in [3.8, 4) is 0 Å². The lowest BCUT2D eigenvalue weighted by Crippen LogP contribution is -2.09. The molecular weight excluding hydrogens is 424 g/mol. The molecular formula is C22H32O10. The highest BCUT2D eigenvalue weighted by Gasteiger charge is 2.08. The summed E-state index contributed by atoms with van der Waals surface area (Å²) in [6.07, 6.45) is 6.07. The number of carbonyl (C=O) groups is 4. The van der Waals surface area contributed by atoms with Crippen molar-refractivity contribution in [3.05, 3.63) is 35.4 Å². The van der Waals surface area contributed by atoms with Crippen LogP contribution in [0.3, 0.4) is 0 Å². The topological polar surface area (TPSA) is 168 Å². The second-order valence-electron chi connectivity index (χ2n) is 6.70. The largest absolute Gasteiger partial charge is 0.478 e. The van der Waals surface area contributed by atoms with Crippen molar-refractivity contribution in [1.29, 1.82) is 0 Å². The number of hydrogen-bond acceptors (Lipinski definition) is 8. The van der Waals surface area contributed by atoms with Gasteiger partial charge in [-0.05, 0) is 56.7 Å². The fourth-order valence-corrected chi connectivity index (χ4v) is 2.40. The van der Waals surface area contributed by atoms with Crippen LogP contribution in [0.25, 0.3) is 0 Å². The van der Waals surface area contributed by atoms with Gasteiger partial charge in [-0.2, -0.15) is 0 Å². The van der Waals surface area contributed by atoms with Gasteiger partial charge < -0.3 is 29.9 Å². The molecule has 32 heavy (non-hydrogen) atoms. The number of carbonyl (C=O) groups excluding carboxylic acids is 2. The molecule has 0 amide bonds. The van der Waals surface area contributed by atoms with E-state index in [0.717, 1.165) is 31.7 Å². The first kappa shape index (κ1) is 29.0. The van der Waals surface area contributed by atoms with E-state index in [0.29, 0.717) is 38.9 Å². The summed E-state index contributed by atoms with van der Waals surface area (Å²) in [6.45, 7) is 0.803. The van der Waals surface area contributed by atoms with Crippen molar-refractivity contribution in [3.63, 3.8) is 0 Å². The van der Waals surface area contributed by atoms with Gasteiger partial charge in [-0.25, -0.2) is 9.59 Å². The van der Waals surface area contributed by atoms with E-state index < -0.39 is 11.9 Å². The summed E-state index contributed by atoms with van der Waals surface area (Å²) >= 11 is 0. The maximum absolute atomic E-state index is 11.2. The van der Waals surface area contributed by atoms with Crippen molar-refractivity contribution >= 4 is 23.9 Å². The molecule has 1 aromatic carbocycles. The molecule has 0 spiro atoms. The summed E-state index contributed by atoms with van der Waals surface area (Å²) in [6, 6.07) is 5.20. The summed E-state index contributed by atoms with van der Waals surface area (Å²) in [5.74, 6) is -2.55. The predicted octanol–water partition coefficient (Wildman–Crippen LogP) is 2.26. The van der Waals surface area contributed by atoms with E-state index in [-0.39, 0.29) is 36.3 Å². The Kier molecular flexibility index (Phi) is 17.0. The molecule has 0 atom stereocenters. The van der Waals surface area contributed by atoms with E-state index in [1.165, 1.54) is 18.2 Å². The molecule has 1 saturated heterocycles. The Hall–Kier alpha value is -2.98. The SMILES string of the molecule is O=C(O)c1cccc(C(=O)O)c1.O=C1CCCCC(=O)OCCCCCCO1.OCCO. The van der Waals surface area contributed by atoms with Gasteiger partial charge in [0.1, 0.15) is 0 Å². The standard InChI is InChI=1S/C12H20O4.C8H6O4.C2H6O2/c13-11-7-3-4-8-12(14)16-10-6-2-1-5-9-15-11;9-7(10)5-2-1-3-6(4-5)8(11)12;3-1-2-4/h1-10H2;1-4H,(H,9,10)(H,11,12);3-4H,1-2H2. The number of carboxylic acids is 2. The minimum absolute atomic E-state index is 0.0186. The number of rotatable bonds is 3. The van der Waals surface area contributed by atoms with Crippen LogP contribution in [0.5, 0.6) is 0 Å². The van der Waals surface area contributed by atoms with E-state index in [1.54, 1.807) is 0 Å². The van der Waals surface area contributed by atoms with Crippen molar-refractivity contribution in [2.24, 2.45) is 0 Å². The summed E-state index contributed by atoms with van der Waals surface area (Å²) in [5, 5.41) is 32.2. The number of aromatic carboxylic acids is 2. The number of benzene rings is 1. The van der Waals surface area contributed by atoms with E-state index >= 15 is 0 Å². The van der Waals surface area contributed by atoms with Crippen molar-refractivity contribution in [1.82, 2.24) is 0 Å². The molecule has 1 aliphatic rings. The quantitative estimate of drug-likeness (QED) is 0.495. The monoisotopic (exact) mass is 456 g/mol. The molecule has 10 heteroatoms. The van der Waals surface area contributed by atoms with Crippen LogP contribution in [0.1, 0.15) is 72.1 Å². The maximum Gasteiger partial charge on any atom is 0.335 e. The van der Waals surface area contributed by atoms with Gasteiger partial charge in [0.2, 0.25) is 0 Å². The van der Waals surface area contributed by atoms with Crippen LogP contribution < -0.4 is 0 Å². The molecule has 0 aliphatic carbocycles. The number of aliphatic hydroxyl groups excluding tert-OH is 2. The number of aliphatic hydroxyl groups is 2. The lowest BCUT2D eigenvalue weighted by Gasteiger charge is -2.07. The third-order valence-corrected chi connectivity index (χ3v) is 4.03. The number of carboxylic acid groups (broad SMARTS) is 2. The lowest BCUT2D eigenvalue weighted by molar-refractivity contribution is -0.146. The third-order valence-electron chi connectivity index (χ3n) is 4.03. The van der Waals surface area contributed by atoms with E-state index in [9.17, 15) is 19.2 Å². The first-order valence-corrected chi connectivity index (χ1v) is 10.4. The molecule has 0 saturated carbocycles. The molecule has 2 rings (SSSR count). The Labute approximate surface area is 186 Å². The van der Waals surface area contributed by atoms with Crippen LogP contribution in [0, 0.1) is 0 Å². The highest BCUT2D eigenvalue weighted by atomic mass is 16.5. The molecule has 180 valence electrons. The van der Waals surface area contributed by atoms with Crippen LogP contribution >= 0.6 is 0 Å². The molecule has 0 radical (unpaired) electrons. The van der Waals surface area contributed by atoms with Gasteiger partial charge in [0.15, 0.2) is 0 Å². The first-order valence-electron chi connectivity index (χ1n) is 10.4. The number of esters is 2. The Morgan fingerprint density at radius 1 is 0.719 bits per heavy atom. The molecule has 1 aliphatic heterocycles. The van der Waals surface area contributed by atoms with E-state index in [2.05, 4.69) is 0 Å². The van der Waals surface area contributed by atoms with Gasteiger partial charge >= 0.3 is 23.9 Å². The van der Waals surface area contributed by atoms with Crippen molar-refractivity contribution < 1.29 is 49.1 Å². The number of ether oxygens (including phenoxy) is 2. The van der Waals surface area contributed by atoms with Gasteiger partial charge in [0, 0.05) is 12.8 Å². The Morgan fingerprint density at radius 2 is 1.12 bits per heavy atom. The van der Waals surface area contributed by atoms with Gasteiger partial charge in [0.25, 0.3) is 0 Å². The van der Waals surface area contributed by atoms with Crippen molar-refractivity contribution in [2.75, 3.05) is 26.4 Å². The maximum atomic E-state index is 11.2. The number of hydrogen-bond donors (Lipinski definition) is 4. The molecule has 0 unspecified atom stereocenters. The summed E-state index contributed by atoms with van der Waals surface area (Å²) in [4.78, 5) is 43.2. The fraction of sp³-hybridized carbons (Fsp3) is 0.545. The van der Waals surface area contributed by atoms with Crippen LogP contribution in [0.4, 0.5) is 0 Å². The van der Waals surface area contributed by atoms with Crippen LogP contribution in [-0.4, -0.2) is 70.7 Å². The lowest BCUT2D eigenvalue weighted by atomic mass is 10.1. The van der Waals surface area contributed by atoms with Crippen LogP contribution in [0.2, 0.25) is 0 Å². The zero-order chi connectivity index (χ0) is 24.2. The smallest absolute Gasteiger partial charge is 0.335 e. The van der Waals surface area contributed by atoms with Gasteiger partial charge in [-0.15, -0.1) is 0 Å². The minimum Gasteiger partial charge on any atom is -0.478 e. The Morgan fingerprint density at radius 3 is 1.47 bits per heavy atom. The van der Waals surface area contributed by atoms with Crippen LogP contribution in [0.15, 0.2) is 24.3 Å². The summed E-state index contributed by atoms with van der Waals surface area (Å²) in [5.41, 5.74) is -0.0372. The molecule has 0 bridgehead atoms. The predicted molar refractivity (Wildman–Crippen MR) is 113 cm³/mol. The minimum atomic E-state index is -1.13. The summed E-state index contributed by atoms with van der Waals surface area (Å²) < 4.78 is 10.1. The highest BCUT2D eigenvalue weighted by molar-refractivity contribution is 5.93. The van der Waals surface area contributed by atoms with E-state index in [4.69, 9.17) is 29.9 Å². The number of cyclic esters (lactones) is 2. The molecule has 10 nitrogen and oxygen atoms in total. The molecule has 0 aromatic heterocycles. The zero-order valence-corrected chi connectivity index (χ0v) is 18.0. The average molecular weight is 456 g/mol. The first-order chi connectivity index (χ1) is 15.3. The van der Waals surface area contributed by atoms with E-state index in [1.807, 2.05) is 0 Å². The Balaban J connectivity index is 0.000000529. The highest BCUT2D eigenvalue weighted by Crippen LogP contribution is 2.07. The third kappa shape index (κ3) is 15.8. The summed E-state index contributed by atoms with van der Waals surface area (Å²) in [7, 11) is 0. The molecule has 1 aromatic rings. The fourth-order valence-electron chi connectivity index (χ4n) is 2.40. The molecule has 1 fully saturated rings. The van der Waals surface area contributed by atoms with Gasteiger partial charge in [0.05, 0.1) is 37.6 Å². The van der Waals surface area contributed by atoms with Crippen LogP contribution in [-0.2, 0) is 19.1 Å². The normalized spacial score (nSPS) is 15.3. The second kappa shape index (κ2) is 18.8. The Bertz CT molecular complexity index is 646. The zero-order valence-electron chi connectivity index (χ0n) is 18.0. The second-order valence-corrected chi connectivity index (χ2v) is 6.70. The van der Waals surface area contributed by atoms with Crippen molar-refractivity contribution in [2.45, 2.75) is 51.4 Å².